The average Bonchev–Trinajstić information content (AvgIpc) is 2.45. The van der Waals surface area contributed by atoms with Crippen molar-refractivity contribution in [3.8, 4) is 0 Å². The minimum atomic E-state index is -0.117. The lowest BCUT2D eigenvalue weighted by atomic mass is 9.91. The molecule has 11 heavy (non-hydrogen) atoms. The van der Waals surface area contributed by atoms with Crippen molar-refractivity contribution in [1.82, 2.24) is 5.32 Å². The molecule has 0 aromatic heterocycles. The molecule has 1 spiro atoms. The van der Waals surface area contributed by atoms with Gasteiger partial charge in [0.1, 0.15) is 11.5 Å². The third kappa shape index (κ3) is 1.30. The molecule has 2 aliphatic rings. The van der Waals surface area contributed by atoms with Crippen LogP contribution in [0.15, 0.2) is 0 Å². The summed E-state index contributed by atoms with van der Waals surface area (Å²) < 4.78 is 5.57. The monoisotopic (exact) mass is 155 g/mol. The Morgan fingerprint density at radius 2 is 2.09 bits per heavy atom. The highest BCUT2D eigenvalue weighted by Gasteiger charge is 2.37. The second-order valence-corrected chi connectivity index (χ2v) is 3.31. The van der Waals surface area contributed by atoms with Gasteiger partial charge >= 0.3 is 0 Å². The van der Waals surface area contributed by atoms with Crippen LogP contribution in [-0.4, -0.2) is 24.7 Å². The van der Waals surface area contributed by atoms with Crippen molar-refractivity contribution in [1.29, 1.82) is 0 Å². The number of ketones is 1. The highest BCUT2D eigenvalue weighted by atomic mass is 16.5. The number of Topliss-reactive ketones (excluding diaryl/α,β-unsaturated/α-hetero) is 1. The van der Waals surface area contributed by atoms with Crippen molar-refractivity contribution < 1.29 is 9.53 Å². The predicted molar refractivity (Wildman–Crippen MR) is 40.2 cm³/mol. The Kier molecular flexibility index (Phi) is 1.69. The van der Waals surface area contributed by atoms with Crippen molar-refractivity contribution in [2.24, 2.45) is 0 Å². The highest BCUT2D eigenvalue weighted by Crippen LogP contribution is 2.29. The van der Waals surface area contributed by atoms with Gasteiger partial charge in [0.25, 0.3) is 0 Å². The Morgan fingerprint density at radius 3 is 2.64 bits per heavy atom. The summed E-state index contributed by atoms with van der Waals surface area (Å²) in [6.07, 6.45) is 3.11. The van der Waals surface area contributed by atoms with Gasteiger partial charge in [-0.1, -0.05) is 0 Å². The molecule has 2 fully saturated rings. The summed E-state index contributed by atoms with van der Waals surface area (Å²) in [5.74, 6) is 0.382. The molecule has 1 N–H and O–H groups in total. The number of carbonyl (C=O) groups excluding carboxylic acids is 1. The summed E-state index contributed by atoms with van der Waals surface area (Å²) in [7, 11) is 0. The Bertz CT molecular complexity index is 161. The molecule has 0 bridgehead atoms. The molecular weight excluding hydrogens is 142 g/mol. The van der Waals surface area contributed by atoms with E-state index in [2.05, 4.69) is 5.32 Å². The first-order chi connectivity index (χ1) is 5.31. The lowest BCUT2D eigenvalue weighted by molar-refractivity contribution is -0.127. The van der Waals surface area contributed by atoms with Crippen LogP contribution < -0.4 is 5.32 Å². The summed E-state index contributed by atoms with van der Waals surface area (Å²) in [4.78, 5) is 10.9. The van der Waals surface area contributed by atoms with Crippen LogP contribution in [0.3, 0.4) is 0 Å². The van der Waals surface area contributed by atoms with E-state index in [1.54, 1.807) is 0 Å². The van der Waals surface area contributed by atoms with Gasteiger partial charge in [-0.15, -0.1) is 0 Å². The molecule has 0 unspecified atom stereocenters. The maximum atomic E-state index is 10.9. The number of hydrogen-bond acceptors (Lipinski definition) is 3. The van der Waals surface area contributed by atoms with Crippen molar-refractivity contribution in [2.75, 3.05) is 13.2 Å². The Hall–Kier alpha value is -0.410. The first-order valence-corrected chi connectivity index (χ1v) is 4.21. The lowest BCUT2D eigenvalue weighted by Crippen LogP contribution is -2.44. The van der Waals surface area contributed by atoms with E-state index in [0.29, 0.717) is 18.6 Å². The van der Waals surface area contributed by atoms with Gasteiger partial charge in [0, 0.05) is 19.4 Å². The molecule has 1 aliphatic heterocycles. The molecule has 0 atom stereocenters. The maximum Gasteiger partial charge on any atom is 0.133 e. The minimum absolute atomic E-state index is 0.117. The van der Waals surface area contributed by atoms with Crippen LogP contribution in [-0.2, 0) is 9.53 Å². The zero-order chi connectivity index (χ0) is 7.73. The van der Waals surface area contributed by atoms with Crippen LogP contribution in [0, 0.1) is 0 Å². The third-order valence-electron chi connectivity index (χ3n) is 2.54. The Morgan fingerprint density at radius 1 is 1.36 bits per heavy atom. The molecule has 1 saturated heterocycles. The van der Waals surface area contributed by atoms with Gasteiger partial charge < -0.3 is 4.74 Å². The van der Waals surface area contributed by atoms with E-state index in [4.69, 9.17) is 4.74 Å². The van der Waals surface area contributed by atoms with E-state index in [1.807, 2.05) is 0 Å². The van der Waals surface area contributed by atoms with E-state index in [0.717, 1.165) is 26.0 Å². The molecule has 3 heteroatoms. The van der Waals surface area contributed by atoms with Crippen LogP contribution in [0.2, 0.25) is 0 Å². The summed E-state index contributed by atoms with van der Waals surface area (Å²) in [5.41, 5.74) is -0.117. The van der Waals surface area contributed by atoms with Crippen molar-refractivity contribution in [3.05, 3.63) is 0 Å². The molecule has 2 rings (SSSR count). The van der Waals surface area contributed by atoms with Crippen molar-refractivity contribution in [2.45, 2.75) is 31.4 Å². The molecule has 62 valence electrons. The molecule has 1 saturated carbocycles. The number of rotatable bonds is 0. The molecule has 3 nitrogen and oxygen atoms in total. The van der Waals surface area contributed by atoms with E-state index < -0.39 is 0 Å². The summed E-state index contributed by atoms with van der Waals surface area (Å²) in [6, 6.07) is 0. The SMILES string of the molecule is O=C1CCC2(CC1)NCCO2. The van der Waals surface area contributed by atoms with Crippen LogP contribution in [0.4, 0.5) is 0 Å². The fourth-order valence-corrected chi connectivity index (χ4v) is 1.83. The van der Waals surface area contributed by atoms with Gasteiger partial charge in [-0.2, -0.15) is 0 Å². The summed E-state index contributed by atoms with van der Waals surface area (Å²) in [5, 5.41) is 3.32. The lowest BCUT2D eigenvalue weighted by Gasteiger charge is -2.31. The molecule has 0 amide bonds. The highest BCUT2D eigenvalue weighted by molar-refractivity contribution is 5.79. The average molecular weight is 155 g/mol. The van der Waals surface area contributed by atoms with Gasteiger partial charge in [-0.3, -0.25) is 10.1 Å². The normalized spacial score (nSPS) is 29.6. The van der Waals surface area contributed by atoms with Crippen molar-refractivity contribution >= 4 is 5.78 Å². The van der Waals surface area contributed by atoms with Crippen LogP contribution in [0.5, 0.6) is 0 Å². The summed E-state index contributed by atoms with van der Waals surface area (Å²) in [6.45, 7) is 1.74. The van der Waals surface area contributed by atoms with Crippen LogP contribution >= 0.6 is 0 Å². The standard InChI is InChI=1S/C8H13NO2/c10-7-1-3-8(4-2-7)9-5-6-11-8/h9H,1-6H2. The smallest absolute Gasteiger partial charge is 0.133 e. The van der Waals surface area contributed by atoms with Gasteiger partial charge in [0.15, 0.2) is 0 Å². The van der Waals surface area contributed by atoms with E-state index in [9.17, 15) is 4.79 Å². The topological polar surface area (TPSA) is 38.3 Å². The zero-order valence-corrected chi connectivity index (χ0v) is 6.56. The van der Waals surface area contributed by atoms with E-state index >= 15 is 0 Å². The number of nitrogens with one attached hydrogen (secondary N) is 1. The molecule has 1 aliphatic carbocycles. The third-order valence-corrected chi connectivity index (χ3v) is 2.54. The van der Waals surface area contributed by atoms with Gasteiger partial charge in [0.05, 0.1) is 6.61 Å². The first-order valence-electron chi connectivity index (χ1n) is 4.21. The number of hydrogen-bond donors (Lipinski definition) is 1. The van der Waals surface area contributed by atoms with Crippen LogP contribution in [0.25, 0.3) is 0 Å². The largest absolute Gasteiger partial charge is 0.359 e. The Labute approximate surface area is 66.1 Å². The summed E-state index contributed by atoms with van der Waals surface area (Å²) >= 11 is 0. The predicted octanol–water partition coefficient (Wildman–Crippen LogP) is 0.446. The first kappa shape index (κ1) is 7.25. The Balaban J connectivity index is 1.99. The van der Waals surface area contributed by atoms with E-state index in [-0.39, 0.29) is 5.72 Å². The second kappa shape index (κ2) is 2.57. The molecule has 1 heterocycles. The van der Waals surface area contributed by atoms with E-state index in [1.165, 1.54) is 0 Å². The quantitative estimate of drug-likeness (QED) is 0.552. The molecule has 0 aromatic rings. The van der Waals surface area contributed by atoms with Crippen LogP contribution in [0.1, 0.15) is 25.7 Å². The van der Waals surface area contributed by atoms with Gasteiger partial charge in [-0.05, 0) is 12.8 Å². The number of ether oxygens (including phenoxy) is 1. The molecule has 0 aromatic carbocycles. The fourth-order valence-electron chi connectivity index (χ4n) is 1.83. The van der Waals surface area contributed by atoms with Gasteiger partial charge in [-0.25, -0.2) is 0 Å². The van der Waals surface area contributed by atoms with Crippen molar-refractivity contribution in [3.63, 3.8) is 0 Å². The number of carbonyl (C=O) groups is 1. The minimum Gasteiger partial charge on any atom is -0.359 e. The molecular formula is C8H13NO2. The fraction of sp³-hybridized carbons (Fsp3) is 0.875. The second-order valence-electron chi connectivity index (χ2n) is 3.31. The zero-order valence-electron chi connectivity index (χ0n) is 6.56. The maximum absolute atomic E-state index is 10.9. The molecule has 0 radical (unpaired) electrons. The van der Waals surface area contributed by atoms with Gasteiger partial charge in [0.2, 0.25) is 0 Å².